The molecule has 1 aromatic carbocycles. The highest BCUT2D eigenvalue weighted by Gasteiger charge is 2.30. The molecule has 1 heterocycles. The summed E-state index contributed by atoms with van der Waals surface area (Å²) >= 11 is 0. The average molecular weight is 415 g/mol. The second-order valence-electron chi connectivity index (χ2n) is 7.17. The van der Waals surface area contributed by atoms with Crippen LogP contribution in [0, 0.1) is 10.1 Å². The predicted octanol–water partition coefficient (Wildman–Crippen LogP) is 3.70. The summed E-state index contributed by atoms with van der Waals surface area (Å²) in [5.74, 6) is -0.952. The third-order valence-corrected chi connectivity index (χ3v) is 4.49. The van der Waals surface area contributed by atoms with Crippen LogP contribution in [-0.2, 0) is 0 Å². The lowest BCUT2D eigenvalue weighted by Crippen LogP contribution is -2.44. The summed E-state index contributed by atoms with van der Waals surface area (Å²) in [5.41, 5.74) is 0.421. The minimum absolute atomic E-state index is 0.162. The highest BCUT2D eigenvalue weighted by atomic mass is 19.4. The Balaban J connectivity index is 2.03. The van der Waals surface area contributed by atoms with Gasteiger partial charge in [0.05, 0.1) is 4.92 Å². The molecule has 2 rings (SSSR count). The summed E-state index contributed by atoms with van der Waals surface area (Å²) in [6.45, 7) is 4.86. The zero-order chi connectivity index (χ0) is 21.6. The summed E-state index contributed by atoms with van der Waals surface area (Å²) in [6.07, 6.45) is -1.07. The Morgan fingerprint density at radius 1 is 1.34 bits per heavy atom. The molecule has 1 amide bonds. The zero-order valence-electron chi connectivity index (χ0n) is 16.3. The fourth-order valence-electron chi connectivity index (χ4n) is 2.95. The largest absolute Gasteiger partial charge is 0.484 e. The molecule has 0 saturated carbocycles. The number of carbonyl (C=O) groups is 1. The van der Waals surface area contributed by atoms with Gasteiger partial charge in [-0.05, 0) is 38.8 Å². The van der Waals surface area contributed by atoms with E-state index in [9.17, 15) is 28.1 Å². The van der Waals surface area contributed by atoms with Crippen LogP contribution in [0.4, 0.5) is 18.9 Å². The molecule has 0 spiro atoms. The first kappa shape index (κ1) is 22.7. The summed E-state index contributed by atoms with van der Waals surface area (Å²) < 4.78 is 41.6. The van der Waals surface area contributed by atoms with Gasteiger partial charge in [-0.15, -0.1) is 0 Å². The Labute approximate surface area is 166 Å². The second-order valence-corrected chi connectivity index (χ2v) is 7.17. The normalized spacial score (nSPS) is 15.6. The third-order valence-electron chi connectivity index (χ3n) is 4.49. The maximum atomic E-state index is 12.6. The van der Waals surface area contributed by atoms with Crippen molar-refractivity contribution in [2.24, 2.45) is 0 Å². The van der Waals surface area contributed by atoms with Gasteiger partial charge in [0, 0.05) is 31.7 Å². The van der Waals surface area contributed by atoms with E-state index in [1.807, 2.05) is 13.8 Å². The van der Waals surface area contributed by atoms with E-state index in [1.165, 1.54) is 5.57 Å². The van der Waals surface area contributed by atoms with Crippen LogP contribution in [0.2, 0.25) is 0 Å². The Morgan fingerprint density at radius 2 is 2.00 bits per heavy atom. The molecular weight excluding hydrogens is 391 g/mol. The number of hydrogen-bond donors (Lipinski definition) is 1. The van der Waals surface area contributed by atoms with Gasteiger partial charge in [0.15, 0.2) is 6.61 Å². The second kappa shape index (κ2) is 9.73. The monoisotopic (exact) mass is 415 g/mol. The Hall–Kier alpha value is -2.62. The van der Waals surface area contributed by atoms with Crippen molar-refractivity contribution in [1.29, 1.82) is 0 Å². The summed E-state index contributed by atoms with van der Waals surface area (Å²) in [4.78, 5) is 25.3. The first-order valence-electron chi connectivity index (χ1n) is 9.19. The lowest BCUT2D eigenvalue weighted by Gasteiger charge is -2.31. The number of nitro groups is 1. The van der Waals surface area contributed by atoms with Gasteiger partial charge in [-0.25, -0.2) is 0 Å². The number of ether oxygens (including phenoxy) is 1. The number of allylic oxidation sites excluding steroid dienone is 1. The van der Waals surface area contributed by atoms with Crippen LogP contribution in [0.5, 0.6) is 5.75 Å². The van der Waals surface area contributed by atoms with Gasteiger partial charge in [0.1, 0.15) is 11.3 Å². The van der Waals surface area contributed by atoms with Crippen molar-refractivity contribution in [3.05, 3.63) is 45.5 Å². The predicted molar refractivity (Wildman–Crippen MR) is 101 cm³/mol. The van der Waals surface area contributed by atoms with E-state index < -0.39 is 29.3 Å². The molecule has 10 heteroatoms. The molecule has 0 aromatic heterocycles. The minimum atomic E-state index is -4.55. The van der Waals surface area contributed by atoms with E-state index in [0.717, 1.165) is 37.8 Å². The SMILES string of the molecule is CC(C)=CCN1CCC(NC(=O)c2cc(OCC(F)(F)F)ccc2[N+](=O)[O-])CC1. The smallest absolute Gasteiger partial charge is 0.422 e. The fraction of sp³-hybridized carbons (Fsp3) is 0.526. The number of rotatable bonds is 7. The average Bonchev–Trinajstić information content (AvgIpc) is 2.64. The number of nitrogens with zero attached hydrogens (tertiary/aromatic N) is 2. The molecule has 7 nitrogen and oxygen atoms in total. The molecule has 0 bridgehead atoms. The van der Waals surface area contributed by atoms with E-state index >= 15 is 0 Å². The number of piperidine rings is 1. The number of likely N-dealkylation sites (tertiary alicyclic amines) is 1. The van der Waals surface area contributed by atoms with E-state index in [0.29, 0.717) is 12.8 Å². The number of amides is 1. The Bertz CT molecular complexity index is 768. The van der Waals surface area contributed by atoms with Crippen LogP contribution in [-0.4, -0.2) is 54.2 Å². The van der Waals surface area contributed by atoms with Crippen LogP contribution in [0.15, 0.2) is 29.8 Å². The van der Waals surface area contributed by atoms with Crippen molar-refractivity contribution in [2.75, 3.05) is 26.2 Å². The summed E-state index contributed by atoms with van der Waals surface area (Å²) in [7, 11) is 0. The van der Waals surface area contributed by atoms with E-state index in [4.69, 9.17) is 0 Å². The number of benzene rings is 1. The molecule has 0 unspecified atom stereocenters. The maximum Gasteiger partial charge on any atom is 0.422 e. The lowest BCUT2D eigenvalue weighted by molar-refractivity contribution is -0.385. The van der Waals surface area contributed by atoms with Crippen LogP contribution < -0.4 is 10.1 Å². The van der Waals surface area contributed by atoms with Crippen LogP contribution >= 0.6 is 0 Å². The first-order chi connectivity index (χ1) is 13.5. The maximum absolute atomic E-state index is 12.6. The molecule has 160 valence electrons. The topological polar surface area (TPSA) is 84.7 Å². The number of nitro benzene ring substituents is 1. The molecule has 1 N–H and O–H groups in total. The van der Waals surface area contributed by atoms with Crippen molar-refractivity contribution in [3.8, 4) is 5.75 Å². The van der Waals surface area contributed by atoms with Gasteiger partial charge in [-0.3, -0.25) is 19.8 Å². The van der Waals surface area contributed by atoms with Crippen LogP contribution in [0.25, 0.3) is 0 Å². The van der Waals surface area contributed by atoms with Crippen molar-refractivity contribution >= 4 is 11.6 Å². The highest BCUT2D eigenvalue weighted by molar-refractivity contribution is 5.98. The number of alkyl halides is 3. The molecular formula is C19H24F3N3O4. The highest BCUT2D eigenvalue weighted by Crippen LogP contribution is 2.26. The van der Waals surface area contributed by atoms with Crippen molar-refractivity contribution in [1.82, 2.24) is 10.2 Å². The van der Waals surface area contributed by atoms with Gasteiger partial charge < -0.3 is 10.1 Å². The lowest BCUT2D eigenvalue weighted by atomic mass is 10.0. The molecule has 29 heavy (non-hydrogen) atoms. The number of hydrogen-bond acceptors (Lipinski definition) is 5. The van der Waals surface area contributed by atoms with E-state index in [2.05, 4.69) is 21.0 Å². The molecule has 0 aliphatic carbocycles. The summed E-state index contributed by atoms with van der Waals surface area (Å²) in [5, 5.41) is 14.0. The third kappa shape index (κ3) is 7.37. The van der Waals surface area contributed by atoms with Crippen molar-refractivity contribution < 1.29 is 27.6 Å². The quantitative estimate of drug-likeness (QED) is 0.417. The molecule has 1 aromatic rings. The number of carbonyl (C=O) groups excluding carboxylic acids is 1. The van der Waals surface area contributed by atoms with E-state index in [1.54, 1.807) is 0 Å². The fourth-order valence-corrected chi connectivity index (χ4v) is 2.95. The molecule has 1 aliphatic rings. The number of nitrogens with one attached hydrogen (secondary N) is 1. The van der Waals surface area contributed by atoms with Gasteiger partial charge in [-0.1, -0.05) is 11.6 Å². The van der Waals surface area contributed by atoms with Gasteiger partial charge in [-0.2, -0.15) is 13.2 Å². The molecule has 0 radical (unpaired) electrons. The van der Waals surface area contributed by atoms with Gasteiger partial charge in [0.25, 0.3) is 11.6 Å². The van der Waals surface area contributed by atoms with Crippen molar-refractivity contribution in [3.63, 3.8) is 0 Å². The molecule has 1 aliphatic heterocycles. The first-order valence-corrected chi connectivity index (χ1v) is 9.19. The standard InChI is InChI=1S/C19H24F3N3O4/c1-13(2)5-8-24-9-6-14(7-10-24)23-18(26)16-11-15(29-12-19(20,21)22)3-4-17(16)25(27)28/h3-5,11,14H,6-10,12H2,1-2H3,(H,23,26). The molecule has 0 atom stereocenters. The van der Waals surface area contributed by atoms with Crippen LogP contribution in [0.3, 0.4) is 0 Å². The summed E-state index contributed by atoms with van der Waals surface area (Å²) in [6, 6.07) is 2.83. The van der Waals surface area contributed by atoms with Crippen molar-refractivity contribution in [2.45, 2.75) is 38.9 Å². The van der Waals surface area contributed by atoms with Gasteiger partial charge >= 0.3 is 6.18 Å². The zero-order valence-corrected chi connectivity index (χ0v) is 16.3. The Kier molecular flexibility index (Phi) is 7.60. The molecule has 1 fully saturated rings. The van der Waals surface area contributed by atoms with Crippen LogP contribution in [0.1, 0.15) is 37.0 Å². The minimum Gasteiger partial charge on any atom is -0.484 e. The Morgan fingerprint density at radius 3 is 2.55 bits per heavy atom. The number of halogens is 3. The van der Waals surface area contributed by atoms with E-state index in [-0.39, 0.29) is 17.4 Å². The molecule has 1 saturated heterocycles. The van der Waals surface area contributed by atoms with Gasteiger partial charge in [0.2, 0.25) is 0 Å².